The van der Waals surface area contributed by atoms with Crippen molar-refractivity contribution in [1.82, 2.24) is 14.5 Å². The number of ether oxygens (including phenoxy) is 1. The zero-order valence-electron chi connectivity index (χ0n) is 15.1. The van der Waals surface area contributed by atoms with Gasteiger partial charge in [-0.15, -0.1) is 0 Å². The van der Waals surface area contributed by atoms with Gasteiger partial charge in [0.05, 0.1) is 11.4 Å². The van der Waals surface area contributed by atoms with Crippen LogP contribution in [0.1, 0.15) is 17.8 Å². The summed E-state index contributed by atoms with van der Waals surface area (Å²) >= 11 is 0. The van der Waals surface area contributed by atoms with Crippen LogP contribution in [-0.2, 0) is 6.54 Å². The molecule has 0 saturated heterocycles. The predicted molar refractivity (Wildman–Crippen MR) is 108 cm³/mol. The molecule has 2 aromatic carbocycles. The van der Waals surface area contributed by atoms with Gasteiger partial charge in [0.2, 0.25) is 0 Å². The van der Waals surface area contributed by atoms with Crippen LogP contribution in [0.15, 0.2) is 67.5 Å². The molecule has 0 saturated carbocycles. The standard InChI is InChI=1S/C23H19N3O/c1-15-12-13-26-22(15)21(20-16(2)24-14-25-23(20)26)17-8-10-19(11-9-17)27-18-6-4-3-5-7-18/h3-11,14H,1,12-13H2,2H3. The highest BCUT2D eigenvalue weighted by atomic mass is 16.5. The maximum Gasteiger partial charge on any atom is 0.144 e. The van der Waals surface area contributed by atoms with Gasteiger partial charge < -0.3 is 9.30 Å². The SMILES string of the molecule is C=C1CCn2c1c(-c1ccc(Oc3ccccc3)cc1)c1c(C)ncnc12. The lowest BCUT2D eigenvalue weighted by molar-refractivity contribution is 0.483. The Kier molecular flexibility index (Phi) is 3.57. The summed E-state index contributed by atoms with van der Waals surface area (Å²) in [5, 5.41) is 1.12. The van der Waals surface area contributed by atoms with Gasteiger partial charge in [-0.25, -0.2) is 9.97 Å². The summed E-state index contributed by atoms with van der Waals surface area (Å²) in [6.07, 6.45) is 2.61. The fourth-order valence-electron chi connectivity index (χ4n) is 3.86. The van der Waals surface area contributed by atoms with E-state index >= 15 is 0 Å². The maximum atomic E-state index is 5.93. The van der Waals surface area contributed by atoms with Crippen LogP contribution in [-0.4, -0.2) is 14.5 Å². The van der Waals surface area contributed by atoms with Crippen molar-refractivity contribution in [2.24, 2.45) is 0 Å². The Morgan fingerprint density at radius 1 is 0.963 bits per heavy atom. The van der Waals surface area contributed by atoms with Crippen molar-refractivity contribution in [2.45, 2.75) is 19.9 Å². The van der Waals surface area contributed by atoms with Crippen molar-refractivity contribution in [3.05, 3.63) is 78.9 Å². The van der Waals surface area contributed by atoms with Crippen LogP contribution in [0.5, 0.6) is 11.5 Å². The highest BCUT2D eigenvalue weighted by Crippen LogP contribution is 2.43. The number of para-hydroxylation sites is 1. The molecule has 2 aromatic heterocycles. The molecule has 0 spiro atoms. The van der Waals surface area contributed by atoms with Gasteiger partial charge in [-0.3, -0.25) is 0 Å². The average Bonchev–Trinajstić information content (AvgIpc) is 3.23. The van der Waals surface area contributed by atoms with E-state index in [2.05, 4.69) is 33.2 Å². The van der Waals surface area contributed by atoms with Gasteiger partial charge in [0.1, 0.15) is 23.5 Å². The van der Waals surface area contributed by atoms with Crippen molar-refractivity contribution in [2.75, 3.05) is 0 Å². The summed E-state index contributed by atoms with van der Waals surface area (Å²) in [5.41, 5.74) is 6.65. The summed E-state index contributed by atoms with van der Waals surface area (Å²) in [5.74, 6) is 1.65. The van der Waals surface area contributed by atoms with Crippen LogP contribution in [0.4, 0.5) is 0 Å². The van der Waals surface area contributed by atoms with Crippen LogP contribution >= 0.6 is 0 Å². The average molecular weight is 353 g/mol. The van der Waals surface area contributed by atoms with Crippen LogP contribution < -0.4 is 4.74 Å². The van der Waals surface area contributed by atoms with E-state index in [0.717, 1.165) is 52.3 Å². The second kappa shape index (κ2) is 6.09. The van der Waals surface area contributed by atoms with Gasteiger partial charge in [0.25, 0.3) is 0 Å². The molecule has 132 valence electrons. The number of benzene rings is 2. The second-order valence-corrected chi connectivity index (χ2v) is 6.83. The molecular weight excluding hydrogens is 334 g/mol. The largest absolute Gasteiger partial charge is 0.457 e. The Labute approximate surface area is 157 Å². The Morgan fingerprint density at radius 2 is 1.70 bits per heavy atom. The number of aromatic nitrogens is 3. The first-order chi connectivity index (χ1) is 13.2. The first-order valence-electron chi connectivity index (χ1n) is 9.07. The summed E-state index contributed by atoms with van der Waals surface area (Å²) in [6, 6.07) is 18.0. The van der Waals surface area contributed by atoms with Crippen molar-refractivity contribution < 1.29 is 4.74 Å². The number of allylic oxidation sites excluding steroid dienone is 1. The molecule has 0 amide bonds. The minimum atomic E-state index is 0.817. The lowest BCUT2D eigenvalue weighted by atomic mass is 9.98. The first kappa shape index (κ1) is 15.8. The minimum Gasteiger partial charge on any atom is -0.457 e. The lowest BCUT2D eigenvalue weighted by Crippen LogP contribution is -1.94. The van der Waals surface area contributed by atoms with Gasteiger partial charge >= 0.3 is 0 Å². The molecule has 0 radical (unpaired) electrons. The molecule has 0 N–H and O–H groups in total. The third-order valence-corrected chi connectivity index (χ3v) is 5.12. The van der Waals surface area contributed by atoms with Gasteiger partial charge in [-0.2, -0.15) is 0 Å². The van der Waals surface area contributed by atoms with Crippen LogP contribution in [0, 0.1) is 6.92 Å². The number of nitrogens with zero attached hydrogens (tertiary/aromatic N) is 3. The number of aryl methyl sites for hydroxylation is 2. The number of hydrogen-bond donors (Lipinski definition) is 0. The zero-order valence-corrected chi connectivity index (χ0v) is 15.1. The number of fused-ring (bicyclic) bond motifs is 3. The van der Waals surface area contributed by atoms with Gasteiger partial charge in [-0.05, 0) is 48.7 Å². The molecule has 3 heterocycles. The molecule has 0 fully saturated rings. The molecule has 0 bridgehead atoms. The van der Waals surface area contributed by atoms with Crippen molar-refractivity contribution in [3.8, 4) is 22.6 Å². The fourth-order valence-corrected chi connectivity index (χ4v) is 3.86. The second-order valence-electron chi connectivity index (χ2n) is 6.83. The molecule has 4 nitrogen and oxygen atoms in total. The van der Waals surface area contributed by atoms with E-state index in [0.29, 0.717) is 0 Å². The highest BCUT2D eigenvalue weighted by Gasteiger charge is 2.26. The van der Waals surface area contributed by atoms with Crippen molar-refractivity contribution in [3.63, 3.8) is 0 Å². The fraction of sp³-hybridized carbons (Fsp3) is 0.130. The summed E-state index contributed by atoms with van der Waals surface area (Å²) < 4.78 is 8.20. The molecule has 4 aromatic rings. The molecule has 0 unspecified atom stereocenters. The van der Waals surface area contributed by atoms with Gasteiger partial charge in [0.15, 0.2) is 0 Å². The van der Waals surface area contributed by atoms with E-state index < -0.39 is 0 Å². The van der Waals surface area contributed by atoms with E-state index in [1.165, 1.54) is 11.3 Å². The smallest absolute Gasteiger partial charge is 0.144 e. The maximum absolute atomic E-state index is 5.93. The molecule has 1 aliphatic rings. The highest BCUT2D eigenvalue weighted by molar-refractivity contribution is 6.02. The molecule has 27 heavy (non-hydrogen) atoms. The molecule has 5 rings (SSSR count). The first-order valence-corrected chi connectivity index (χ1v) is 9.07. The van der Waals surface area contributed by atoms with Crippen LogP contribution in [0.25, 0.3) is 27.7 Å². The Bertz CT molecular complexity index is 1160. The Morgan fingerprint density at radius 3 is 2.48 bits per heavy atom. The van der Waals surface area contributed by atoms with Gasteiger partial charge in [-0.1, -0.05) is 36.9 Å². The van der Waals surface area contributed by atoms with Crippen molar-refractivity contribution >= 4 is 16.6 Å². The molecular formula is C23H19N3O. The minimum absolute atomic E-state index is 0.817. The Hall–Kier alpha value is -3.40. The quantitative estimate of drug-likeness (QED) is 0.480. The van der Waals surface area contributed by atoms with Crippen molar-refractivity contribution in [1.29, 1.82) is 0 Å². The predicted octanol–water partition coefficient (Wildman–Crippen LogP) is 5.62. The summed E-state index contributed by atoms with van der Waals surface area (Å²) in [4.78, 5) is 8.98. The number of hydrogen-bond acceptors (Lipinski definition) is 3. The number of rotatable bonds is 3. The van der Waals surface area contributed by atoms with E-state index in [9.17, 15) is 0 Å². The third kappa shape index (κ3) is 2.53. The van der Waals surface area contributed by atoms with E-state index in [4.69, 9.17) is 4.74 Å². The van der Waals surface area contributed by atoms with E-state index in [1.807, 2.05) is 49.4 Å². The molecule has 4 heteroatoms. The normalized spacial score (nSPS) is 13.1. The van der Waals surface area contributed by atoms with Crippen LogP contribution in [0.2, 0.25) is 0 Å². The van der Waals surface area contributed by atoms with Gasteiger partial charge in [0, 0.05) is 17.5 Å². The third-order valence-electron chi connectivity index (χ3n) is 5.12. The van der Waals surface area contributed by atoms with E-state index in [-0.39, 0.29) is 0 Å². The molecule has 0 atom stereocenters. The van der Waals surface area contributed by atoms with E-state index in [1.54, 1.807) is 6.33 Å². The summed E-state index contributed by atoms with van der Waals surface area (Å²) in [7, 11) is 0. The molecule has 0 aliphatic carbocycles. The molecule has 1 aliphatic heterocycles. The topological polar surface area (TPSA) is 39.9 Å². The zero-order chi connectivity index (χ0) is 18.4. The van der Waals surface area contributed by atoms with Crippen LogP contribution in [0.3, 0.4) is 0 Å². The lowest BCUT2D eigenvalue weighted by Gasteiger charge is -2.08. The Balaban J connectivity index is 1.62. The summed E-state index contributed by atoms with van der Waals surface area (Å²) in [6.45, 7) is 7.25. The monoisotopic (exact) mass is 353 g/mol.